The van der Waals surface area contributed by atoms with Crippen LogP contribution in [0.3, 0.4) is 0 Å². The molecular weight excluding hydrogens is 460 g/mol. The van der Waals surface area contributed by atoms with Crippen LogP contribution in [0.2, 0.25) is 0 Å². The zero-order valence-electron chi connectivity index (χ0n) is 21.8. The molecule has 0 saturated carbocycles. The van der Waals surface area contributed by atoms with E-state index in [0.717, 1.165) is 60.6 Å². The fourth-order valence-electron chi connectivity index (χ4n) is 4.37. The largest absolute Gasteiger partial charge is 0.359 e. The number of hydrogen-bond donors (Lipinski definition) is 2. The second-order valence-electron chi connectivity index (χ2n) is 8.91. The Hall–Kier alpha value is -4.10. The number of nitrogens with one attached hydrogen (secondary N) is 2. The van der Waals surface area contributed by atoms with Crippen molar-refractivity contribution >= 4 is 23.8 Å². The summed E-state index contributed by atoms with van der Waals surface area (Å²) in [6.45, 7) is 16.2. The van der Waals surface area contributed by atoms with Crippen LogP contribution in [0.4, 0.5) is 0 Å². The molecule has 0 spiro atoms. The first-order valence-electron chi connectivity index (χ1n) is 12.4. The van der Waals surface area contributed by atoms with Crippen molar-refractivity contribution in [3.05, 3.63) is 103 Å². The van der Waals surface area contributed by atoms with Gasteiger partial charge in [-0.25, -0.2) is 9.67 Å². The Labute approximate surface area is 219 Å². The van der Waals surface area contributed by atoms with Crippen LogP contribution in [0.1, 0.15) is 35.4 Å². The van der Waals surface area contributed by atoms with Gasteiger partial charge in [-0.3, -0.25) is 9.69 Å². The lowest BCUT2D eigenvalue weighted by atomic mass is 9.95. The first-order chi connectivity index (χ1) is 17.9. The number of rotatable bonds is 11. The van der Waals surface area contributed by atoms with Crippen LogP contribution >= 0.6 is 0 Å². The molecule has 0 radical (unpaired) electrons. The predicted molar refractivity (Wildman–Crippen MR) is 153 cm³/mol. The number of carbonyl (C=O) groups excluding carboxylic acids is 1. The molecule has 3 rings (SSSR count). The normalized spacial score (nSPS) is 15.5. The smallest absolute Gasteiger partial charge is 0.222 e. The minimum Gasteiger partial charge on any atom is -0.359 e. The number of allylic oxidation sites excluding steroid dienone is 6. The molecule has 0 aliphatic carbocycles. The van der Waals surface area contributed by atoms with E-state index in [9.17, 15) is 4.79 Å². The second-order valence-corrected chi connectivity index (χ2v) is 8.91. The fourth-order valence-corrected chi connectivity index (χ4v) is 4.37. The summed E-state index contributed by atoms with van der Waals surface area (Å²) in [5, 5.41) is 15.2. The van der Waals surface area contributed by atoms with Crippen molar-refractivity contribution in [3.63, 3.8) is 0 Å². The predicted octanol–water partition coefficient (Wildman–Crippen LogP) is 4.91. The van der Waals surface area contributed by atoms with E-state index in [1.165, 1.54) is 6.21 Å². The lowest BCUT2D eigenvalue weighted by Crippen LogP contribution is -2.40. The first kappa shape index (κ1) is 27.5. The molecule has 37 heavy (non-hydrogen) atoms. The number of aryl methyl sites for hydroxylation is 1. The van der Waals surface area contributed by atoms with Crippen LogP contribution in [-0.2, 0) is 4.79 Å². The van der Waals surface area contributed by atoms with Gasteiger partial charge in [0.25, 0.3) is 0 Å². The highest BCUT2D eigenvalue weighted by Crippen LogP contribution is 2.25. The molecular formula is C30H36N6O. The van der Waals surface area contributed by atoms with E-state index in [-0.39, 0.29) is 11.8 Å². The zero-order valence-corrected chi connectivity index (χ0v) is 21.8. The standard InChI is InChI=1S/C30H36N6O/c1-6-10-24(8-3)27-19-26(20-31)29(36-18-13-22(4)34-36)33-28(27)12-9-11-23(7-2)21-35-16-14-25(15-17-35)30(37)32-5/h6-13,18-20,25,31H,1-3,14-17,21H2,4-5H3,(H,32,37)/b12-9+,23-11+,24-10+,31-20?. The van der Waals surface area contributed by atoms with Crippen molar-refractivity contribution in [1.29, 1.82) is 5.41 Å². The Kier molecular flexibility index (Phi) is 9.86. The summed E-state index contributed by atoms with van der Waals surface area (Å²) in [7, 11) is 1.70. The molecule has 0 unspecified atom stereocenters. The number of hydrogen-bond acceptors (Lipinski definition) is 5. The van der Waals surface area contributed by atoms with Crippen molar-refractivity contribution in [2.45, 2.75) is 19.8 Å². The molecule has 1 saturated heterocycles. The third-order valence-corrected chi connectivity index (χ3v) is 6.42. The number of pyridine rings is 1. The van der Waals surface area contributed by atoms with Gasteiger partial charge in [-0.05, 0) is 62.2 Å². The van der Waals surface area contributed by atoms with Gasteiger partial charge in [-0.15, -0.1) is 0 Å². The van der Waals surface area contributed by atoms with Gasteiger partial charge in [-0.1, -0.05) is 56.2 Å². The van der Waals surface area contributed by atoms with E-state index in [1.54, 1.807) is 23.9 Å². The maximum atomic E-state index is 11.9. The topological polar surface area (TPSA) is 86.9 Å². The first-order valence-corrected chi connectivity index (χ1v) is 12.4. The van der Waals surface area contributed by atoms with Gasteiger partial charge in [0.2, 0.25) is 5.91 Å². The molecule has 0 bridgehead atoms. The molecule has 3 heterocycles. The lowest BCUT2D eigenvalue weighted by Gasteiger charge is -2.31. The Morgan fingerprint density at radius 1 is 1.22 bits per heavy atom. The summed E-state index contributed by atoms with van der Waals surface area (Å²) >= 11 is 0. The highest BCUT2D eigenvalue weighted by atomic mass is 16.1. The van der Waals surface area contributed by atoms with E-state index < -0.39 is 0 Å². The quantitative estimate of drug-likeness (QED) is 0.342. The molecule has 192 valence electrons. The maximum Gasteiger partial charge on any atom is 0.222 e. The monoisotopic (exact) mass is 496 g/mol. The van der Waals surface area contributed by atoms with Crippen LogP contribution in [-0.4, -0.2) is 58.5 Å². The van der Waals surface area contributed by atoms with E-state index in [1.807, 2.05) is 55.6 Å². The van der Waals surface area contributed by atoms with Gasteiger partial charge < -0.3 is 10.7 Å². The molecule has 1 aliphatic heterocycles. The molecule has 0 atom stereocenters. The lowest BCUT2D eigenvalue weighted by molar-refractivity contribution is -0.125. The average Bonchev–Trinajstić information content (AvgIpc) is 3.36. The number of likely N-dealkylation sites (tertiary alicyclic amines) is 1. The van der Waals surface area contributed by atoms with E-state index in [0.29, 0.717) is 11.4 Å². The maximum absolute atomic E-state index is 11.9. The number of carbonyl (C=O) groups is 1. The van der Waals surface area contributed by atoms with Gasteiger partial charge >= 0.3 is 0 Å². The van der Waals surface area contributed by atoms with Gasteiger partial charge in [0.05, 0.1) is 11.4 Å². The molecule has 1 aliphatic rings. The third kappa shape index (κ3) is 6.98. The van der Waals surface area contributed by atoms with E-state index in [2.05, 4.69) is 35.1 Å². The highest BCUT2D eigenvalue weighted by Gasteiger charge is 2.24. The summed E-state index contributed by atoms with van der Waals surface area (Å²) in [4.78, 5) is 19.2. The van der Waals surface area contributed by atoms with Crippen molar-refractivity contribution in [1.82, 2.24) is 25.0 Å². The molecule has 2 aromatic heterocycles. The summed E-state index contributed by atoms with van der Waals surface area (Å²) < 4.78 is 1.69. The van der Waals surface area contributed by atoms with Gasteiger partial charge in [-0.2, -0.15) is 5.10 Å². The highest BCUT2D eigenvalue weighted by molar-refractivity contribution is 5.87. The van der Waals surface area contributed by atoms with E-state index >= 15 is 0 Å². The van der Waals surface area contributed by atoms with Crippen LogP contribution in [0, 0.1) is 18.3 Å². The number of aromatic nitrogens is 3. The van der Waals surface area contributed by atoms with Gasteiger partial charge in [0.1, 0.15) is 0 Å². The zero-order chi connectivity index (χ0) is 26.8. The van der Waals surface area contributed by atoms with E-state index in [4.69, 9.17) is 10.4 Å². The summed E-state index contributed by atoms with van der Waals surface area (Å²) in [6, 6.07) is 3.83. The van der Waals surface area contributed by atoms with Crippen LogP contribution < -0.4 is 5.32 Å². The van der Waals surface area contributed by atoms with Gasteiger partial charge in [0, 0.05) is 43.0 Å². The summed E-state index contributed by atoms with van der Waals surface area (Å²) in [5.74, 6) is 0.815. The van der Waals surface area contributed by atoms with Crippen molar-refractivity contribution in [2.75, 3.05) is 26.7 Å². The number of piperidine rings is 1. The van der Waals surface area contributed by atoms with Gasteiger partial charge in [0.15, 0.2) is 5.82 Å². The van der Waals surface area contributed by atoms with Crippen molar-refractivity contribution in [3.8, 4) is 5.82 Å². The summed E-state index contributed by atoms with van der Waals surface area (Å²) in [5.41, 5.74) is 5.04. The summed E-state index contributed by atoms with van der Waals surface area (Å²) in [6.07, 6.45) is 18.0. The Balaban J connectivity index is 1.90. The number of amides is 1. The second kappa shape index (κ2) is 13.3. The molecule has 1 fully saturated rings. The fraction of sp³-hybridized carbons (Fsp3) is 0.267. The molecule has 2 aromatic rings. The molecule has 2 N–H and O–H groups in total. The third-order valence-electron chi connectivity index (χ3n) is 6.42. The average molecular weight is 497 g/mol. The molecule has 0 aromatic carbocycles. The SMILES string of the molecule is C=C/C=C(\C=C)c1cc(C=N)c(-n2ccc(C)n2)nc1/C=C/C=C(\C=C)CN1CCC(C(=O)NC)CC1. The number of nitrogens with zero attached hydrogens (tertiary/aromatic N) is 4. The van der Waals surface area contributed by atoms with Crippen molar-refractivity contribution in [2.24, 2.45) is 5.92 Å². The molecule has 7 nitrogen and oxygen atoms in total. The van der Waals surface area contributed by atoms with Crippen LogP contribution in [0.15, 0.2) is 80.1 Å². The minimum atomic E-state index is 0.0983. The molecule has 7 heteroatoms. The Morgan fingerprint density at radius 3 is 2.54 bits per heavy atom. The Bertz CT molecular complexity index is 1250. The van der Waals surface area contributed by atoms with Crippen LogP contribution in [0.25, 0.3) is 17.5 Å². The Morgan fingerprint density at radius 2 is 1.97 bits per heavy atom. The van der Waals surface area contributed by atoms with Crippen LogP contribution in [0.5, 0.6) is 0 Å². The molecule has 1 amide bonds. The van der Waals surface area contributed by atoms with Crippen molar-refractivity contribution < 1.29 is 4.79 Å². The minimum absolute atomic E-state index is 0.0983.